The van der Waals surface area contributed by atoms with Crippen LogP contribution in [0.1, 0.15) is 219 Å². The van der Waals surface area contributed by atoms with E-state index < -0.39 is 32.5 Å². The third-order valence-electron chi connectivity index (χ3n) is 11.7. The minimum Gasteiger partial charge on any atom is -0.462 e. The number of carbonyl (C=O) groups is 2. The Labute approximate surface area is 458 Å². The third-order valence-corrected chi connectivity index (χ3v) is 12.7. The molecule has 424 valence electrons. The fourth-order valence-electron chi connectivity index (χ4n) is 7.40. The molecule has 0 spiro atoms. The Hall–Kier alpha value is -4.11. The van der Waals surface area contributed by atoms with Gasteiger partial charge in [-0.3, -0.25) is 18.6 Å². The average Bonchev–Trinajstić information content (AvgIpc) is 3.40. The molecule has 0 aliphatic rings. The van der Waals surface area contributed by atoms with Gasteiger partial charge in [-0.1, -0.05) is 230 Å². The number of carbonyl (C=O) groups excluding carboxylic acids is 2. The molecule has 10 heteroatoms. The number of allylic oxidation sites excluding steroid dienone is 24. The molecule has 0 aliphatic heterocycles. The lowest BCUT2D eigenvalue weighted by Gasteiger charge is -2.19. The largest absolute Gasteiger partial charge is 0.472 e. The summed E-state index contributed by atoms with van der Waals surface area (Å²) in [6, 6.07) is 0. The van der Waals surface area contributed by atoms with Gasteiger partial charge < -0.3 is 20.1 Å². The van der Waals surface area contributed by atoms with Crippen molar-refractivity contribution in [3.8, 4) is 0 Å². The quantitative estimate of drug-likeness (QED) is 0.0264. The highest BCUT2D eigenvalue weighted by Crippen LogP contribution is 2.43. The van der Waals surface area contributed by atoms with E-state index in [1.54, 1.807) is 0 Å². The lowest BCUT2D eigenvalue weighted by Crippen LogP contribution is -2.29. The van der Waals surface area contributed by atoms with E-state index in [4.69, 9.17) is 24.3 Å². The van der Waals surface area contributed by atoms with E-state index in [-0.39, 0.29) is 32.6 Å². The minimum atomic E-state index is -4.41. The first kappa shape index (κ1) is 70.9. The Kier molecular flexibility index (Phi) is 55.9. The fraction of sp³-hybridized carbons (Fsp3) is 0.600. The summed E-state index contributed by atoms with van der Waals surface area (Å²) in [4.78, 5) is 35.1. The highest BCUT2D eigenvalue weighted by atomic mass is 31.2. The molecule has 0 rings (SSSR count). The van der Waals surface area contributed by atoms with Crippen LogP contribution in [0.25, 0.3) is 0 Å². The van der Waals surface area contributed by atoms with Crippen LogP contribution < -0.4 is 5.73 Å². The van der Waals surface area contributed by atoms with E-state index in [1.807, 2.05) is 0 Å². The molecule has 0 fully saturated rings. The van der Waals surface area contributed by atoms with E-state index >= 15 is 0 Å². The Morgan fingerprint density at radius 1 is 0.413 bits per heavy atom. The van der Waals surface area contributed by atoms with E-state index in [1.165, 1.54) is 64.2 Å². The lowest BCUT2D eigenvalue weighted by molar-refractivity contribution is -0.161. The number of hydrogen-bond donors (Lipinski definition) is 2. The molecule has 0 radical (unpaired) electrons. The van der Waals surface area contributed by atoms with E-state index in [0.29, 0.717) is 6.42 Å². The number of phosphoric acid groups is 1. The lowest BCUT2D eigenvalue weighted by atomic mass is 10.1. The van der Waals surface area contributed by atoms with Crippen LogP contribution in [0.5, 0.6) is 0 Å². The number of nitrogens with two attached hydrogens (primary N) is 1. The summed E-state index contributed by atoms with van der Waals surface area (Å²) in [5.41, 5.74) is 5.37. The smallest absolute Gasteiger partial charge is 0.462 e. The molecule has 9 nitrogen and oxygen atoms in total. The molecule has 0 amide bonds. The molecule has 0 aliphatic carbocycles. The highest BCUT2D eigenvalue weighted by Gasteiger charge is 2.26. The van der Waals surface area contributed by atoms with Gasteiger partial charge in [0.25, 0.3) is 0 Å². The second kappa shape index (κ2) is 59.1. The predicted molar refractivity (Wildman–Crippen MR) is 320 cm³/mol. The van der Waals surface area contributed by atoms with Crippen molar-refractivity contribution in [3.05, 3.63) is 146 Å². The van der Waals surface area contributed by atoms with Gasteiger partial charge in [0.05, 0.1) is 13.2 Å². The van der Waals surface area contributed by atoms with Gasteiger partial charge in [-0.05, 0) is 122 Å². The fourth-order valence-corrected chi connectivity index (χ4v) is 8.16. The minimum absolute atomic E-state index is 0.0396. The molecule has 0 saturated carbocycles. The van der Waals surface area contributed by atoms with Crippen molar-refractivity contribution in [2.45, 2.75) is 225 Å². The third kappa shape index (κ3) is 59.0. The van der Waals surface area contributed by atoms with Crippen LogP contribution in [0, 0.1) is 0 Å². The molecule has 0 aromatic heterocycles. The summed E-state index contributed by atoms with van der Waals surface area (Å²) in [7, 11) is -4.41. The maximum absolute atomic E-state index is 12.7. The van der Waals surface area contributed by atoms with Crippen molar-refractivity contribution in [2.24, 2.45) is 5.73 Å². The Morgan fingerprint density at radius 2 is 0.733 bits per heavy atom. The normalized spacial score (nSPS) is 14.1. The summed E-state index contributed by atoms with van der Waals surface area (Å²) < 4.78 is 32.9. The van der Waals surface area contributed by atoms with Crippen LogP contribution in [0.4, 0.5) is 0 Å². The van der Waals surface area contributed by atoms with E-state index in [9.17, 15) is 19.0 Å². The van der Waals surface area contributed by atoms with E-state index in [0.717, 1.165) is 122 Å². The number of rotatable bonds is 53. The zero-order valence-corrected chi connectivity index (χ0v) is 48.1. The van der Waals surface area contributed by atoms with Gasteiger partial charge in [0, 0.05) is 19.4 Å². The Balaban J connectivity index is 4.11. The van der Waals surface area contributed by atoms with Gasteiger partial charge in [0.15, 0.2) is 6.10 Å². The maximum Gasteiger partial charge on any atom is 0.472 e. The van der Waals surface area contributed by atoms with Crippen LogP contribution in [-0.4, -0.2) is 49.3 Å². The highest BCUT2D eigenvalue weighted by molar-refractivity contribution is 7.47. The van der Waals surface area contributed by atoms with Crippen LogP contribution >= 0.6 is 7.82 Å². The van der Waals surface area contributed by atoms with Crippen LogP contribution in [-0.2, 0) is 32.7 Å². The standard InChI is InChI=1S/C65H106NO8P/c1-3-5-7-9-11-13-15-17-19-21-22-23-24-25-26-27-28-29-30-31-32-33-34-35-36-37-38-39-40-42-44-46-48-50-52-54-56-58-65(68)74-63(62-73-75(69,70)72-60-59-66)61-71-64(67)57-55-53-51-49-47-45-43-41-20-18-16-14-12-10-8-6-4-2/h5,7,11,13,17-20,22-23,25-26,28-29,31-32,34-35,37-38,40,42,46,48,63H,3-4,6,8-10,12,14-16,21,24,27,30,33,36,39,41,43-45,47,49-62,66H2,1-2H3,(H,69,70)/b7-5-,13-11-,19-17-,20-18-,23-22-,26-25-,29-28-,32-31-,35-34-,38-37-,42-40-,48-46-. The Morgan fingerprint density at radius 3 is 1.12 bits per heavy atom. The average molecular weight is 1060 g/mol. The molecule has 2 atom stereocenters. The summed E-state index contributed by atoms with van der Waals surface area (Å²) in [6.45, 7) is 3.56. The van der Waals surface area contributed by atoms with Crippen molar-refractivity contribution in [3.63, 3.8) is 0 Å². The number of unbranched alkanes of at least 4 members (excludes halogenated alkanes) is 16. The number of ether oxygens (including phenoxy) is 2. The van der Waals surface area contributed by atoms with Gasteiger partial charge in [-0.25, -0.2) is 4.57 Å². The van der Waals surface area contributed by atoms with Crippen molar-refractivity contribution in [2.75, 3.05) is 26.4 Å². The predicted octanol–water partition coefficient (Wildman–Crippen LogP) is 18.7. The van der Waals surface area contributed by atoms with Crippen molar-refractivity contribution in [1.82, 2.24) is 0 Å². The van der Waals surface area contributed by atoms with Gasteiger partial charge in [-0.15, -0.1) is 0 Å². The van der Waals surface area contributed by atoms with Gasteiger partial charge in [0.2, 0.25) is 0 Å². The molecule has 0 aromatic carbocycles. The number of hydrogen-bond acceptors (Lipinski definition) is 8. The second-order valence-corrected chi connectivity index (χ2v) is 20.2. The molecular weight excluding hydrogens is 954 g/mol. The first-order valence-electron chi connectivity index (χ1n) is 29.3. The summed E-state index contributed by atoms with van der Waals surface area (Å²) in [5, 5.41) is 0. The summed E-state index contributed by atoms with van der Waals surface area (Å²) in [6.07, 6.45) is 84.7. The molecule has 3 N–H and O–H groups in total. The topological polar surface area (TPSA) is 134 Å². The summed E-state index contributed by atoms with van der Waals surface area (Å²) >= 11 is 0. The first-order valence-corrected chi connectivity index (χ1v) is 30.8. The molecule has 0 bridgehead atoms. The van der Waals surface area contributed by atoms with Crippen LogP contribution in [0.15, 0.2) is 146 Å². The first-order chi connectivity index (χ1) is 36.8. The molecule has 75 heavy (non-hydrogen) atoms. The van der Waals surface area contributed by atoms with E-state index in [2.05, 4.69) is 160 Å². The zero-order valence-electron chi connectivity index (χ0n) is 47.2. The Bertz CT molecular complexity index is 1730. The van der Waals surface area contributed by atoms with Crippen molar-refractivity contribution < 1.29 is 37.6 Å². The number of phosphoric ester groups is 1. The van der Waals surface area contributed by atoms with Crippen molar-refractivity contribution in [1.29, 1.82) is 0 Å². The molecule has 2 unspecified atom stereocenters. The zero-order chi connectivity index (χ0) is 54.5. The summed E-state index contributed by atoms with van der Waals surface area (Å²) in [5.74, 6) is -0.881. The van der Waals surface area contributed by atoms with Crippen LogP contribution in [0.3, 0.4) is 0 Å². The second-order valence-electron chi connectivity index (χ2n) is 18.8. The van der Waals surface area contributed by atoms with Gasteiger partial charge in [-0.2, -0.15) is 0 Å². The molecule has 0 saturated heterocycles. The molecule has 0 aromatic rings. The molecular formula is C65H106NO8P. The molecule has 0 heterocycles. The van der Waals surface area contributed by atoms with Gasteiger partial charge >= 0.3 is 19.8 Å². The van der Waals surface area contributed by atoms with Crippen molar-refractivity contribution >= 4 is 19.8 Å². The number of esters is 2. The SMILES string of the molecule is CC/C=C\C/C=C\C/C=C\C/C=C\C/C=C\C/C=C\C/C=C\C/C=C\C/C=C\C/C=C\C/C=C\CCCCCC(=O)OC(COC(=O)CCCCCCCCC/C=C\CCCCCCCC)COP(=O)(O)OCCN. The maximum atomic E-state index is 12.7. The van der Waals surface area contributed by atoms with Crippen LogP contribution in [0.2, 0.25) is 0 Å². The van der Waals surface area contributed by atoms with Gasteiger partial charge in [0.1, 0.15) is 6.61 Å². The monoisotopic (exact) mass is 1060 g/mol.